The molecule has 0 aliphatic heterocycles. The van der Waals surface area contributed by atoms with Gasteiger partial charge in [0.25, 0.3) is 10.0 Å². The van der Waals surface area contributed by atoms with Gasteiger partial charge in [0.1, 0.15) is 10.5 Å². The van der Waals surface area contributed by atoms with Crippen molar-refractivity contribution in [3.05, 3.63) is 77.8 Å². The molecule has 7 nitrogen and oxygen atoms in total. The van der Waals surface area contributed by atoms with Crippen LogP contribution in [-0.2, 0) is 14.8 Å². The molecule has 0 saturated heterocycles. The Bertz CT molecular complexity index is 1680. The minimum absolute atomic E-state index is 0.156. The van der Waals surface area contributed by atoms with Crippen LogP contribution in [0.4, 0.5) is 23.7 Å². The molecule has 0 atom stereocenters. The lowest BCUT2D eigenvalue weighted by Gasteiger charge is -2.26. The summed E-state index contributed by atoms with van der Waals surface area (Å²) in [5.74, 6) is -0.683. The predicted molar refractivity (Wildman–Crippen MR) is 147 cm³/mol. The highest BCUT2D eigenvalue weighted by molar-refractivity contribution is 7.93. The lowest BCUT2D eigenvalue weighted by molar-refractivity contribution is -0.274. The summed E-state index contributed by atoms with van der Waals surface area (Å²) >= 11 is 6.36. The number of carbonyl (C=O) groups is 1. The molecule has 0 bridgehead atoms. The van der Waals surface area contributed by atoms with Gasteiger partial charge < -0.3 is 9.47 Å². The van der Waals surface area contributed by atoms with Crippen molar-refractivity contribution in [3.8, 4) is 17.0 Å². The second-order valence-electron chi connectivity index (χ2n) is 9.73. The molecule has 12 heteroatoms. The monoisotopic (exact) mass is 594 g/mol. The van der Waals surface area contributed by atoms with Crippen LogP contribution in [0.15, 0.2) is 77.7 Å². The molecule has 0 fully saturated rings. The summed E-state index contributed by atoms with van der Waals surface area (Å²) in [6, 6.07) is 17.9. The first-order valence-corrected chi connectivity index (χ1v) is 14.0. The highest BCUT2D eigenvalue weighted by Crippen LogP contribution is 2.39. The molecular formula is C28H26ClF3N2O5S. The number of rotatable bonds is 6. The topological polar surface area (TPSA) is 77.8 Å². The fourth-order valence-electron chi connectivity index (χ4n) is 4.19. The summed E-state index contributed by atoms with van der Waals surface area (Å²) in [4.78, 5) is 12.9. The molecule has 0 aliphatic rings. The number of ether oxygens (including phenoxy) is 2. The zero-order chi connectivity index (χ0) is 29.5. The second-order valence-corrected chi connectivity index (χ2v) is 12.0. The molecule has 0 radical (unpaired) electrons. The van der Waals surface area contributed by atoms with Crippen molar-refractivity contribution in [2.75, 3.05) is 10.8 Å². The number of anilines is 1. The average molecular weight is 595 g/mol. The number of benzene rings is 3. The number of alkyl halides is 3. The lowest BCUT2D eigenvalue weighted by Crippen LogP contribution is -2.32. The van der Waals surface area contributed by atoms with Gasteiger partial charge in [-0.1, -0.05) is 48.0 Å². The molecule has 0 unspecified atom stereocenters. The number of fused-ring (bicyclic) bond motifs is 1. The van der Waals surface area contributed by atoms with Gasteiger partial charge in [-0.2, -0.15) is 0 Å². The van der Waals surface area contributed by atoms with Gasteiger partial charge in [0.2, 0.25) is 0 Å². The Balaban J connectivity index is 1.87. The Morgan fingerprint density at radius 2 is 1.62 bits per heavy atom. The van der Waals surface area contributed by atoms with Gasteiger partial charge in [0, 0.05) is 17.5 Å². The van der Waals surface area contributed by atoms with Crippen LogP contribution < -0.4 is 9.04 Å². The van der Waals surface area contributed by atoms with Crippen LogP contribution in [-0.4, -0.2) is 37.6 Å². The van der Waals surface area contributed by atoms with E-state index in [4.69, 9.17) is 16.3 Å². The summed E-state index contributed by atoms with van der Waals surface area (Å²) in [7, 11) is -4.51. The number of para-hydroxylation sites is 3. The third-order valence-corrected chi connectivity index (χ3v) is 8.10. The molecule has 212 valence electrons. The molecule has 0 N–H and O–H groups in total. The van der Waals surface area contributed by atoms with Crippen molar-refractivity contribution >= 4 is 44.3 Å². The maximum atomic E-state index is 13.9. The van der Waals surface area contributed by atoms with Crippen LogP contribution in [0, 0.1) is 0 Å². The minimum Gasteiger partial charge on any atom is -0.443 e. The second kappa shape index (κ2) is 10.7. The SMILES string of the molecule is CCN(c1ccccc1OC(F)(F)F)S(=O)(=O)c1cc(-c2cc3ccccc3n2C(=O)OC(C)(C)C)ccc1Cl. The van der Waals surface area contributed by atoms with Crippen molar-refractivity contribution < 1.29 is 35.9 Å². The fourth-order valence-corrected chi connectivity index (χ4v) is 6.18. The Morgan fingerprint density at radius 1 is 0.975 bits per heavy atom. The van der Waals surface area contributed by atoms with E-state index in [-0.39, 0.29) is 22.2 Å². The summed E-state index contributed by atoms with van der Waals surface area (Å²) in [5, 5.41) is 0.549. The zero-order valence-corrected chi connectivity index (χ0v) is 23.6. The van der Waals surface area contributed by atoms with Gasteiger partial charge in [0.05, 0.1) is 21.9 Å². The quantitative estimate of drug-likeness (QED) is 0.227. The molecule has 0 aliphatic carbocycles. The summed E-state index contributed by atoms with van der Waals surface area (Å²) < 4.78 is 78.7. The third-order valence-electron chi connectivity index (χ3n) is 5.73. The Kier molecular flexibility index (Phi) is 7.83. The molecule has 40 heavy (non-hydrogen) atoms. The molecule has 3 aromatic carbocycles. The van der Waals surface area contributed by atoms with E-state index in [2.05, 4.69) is 4.74 Å². The Morgan fingerprint density at radius 3 is 2.27 bits per heavy atom. The van der Waals surface area contributed by atoms with E-state index in [9.17, 15) is 26.4 Å². The molecule has 1 heterocycles. The van der Waals surface area contributed by atoms with Crippen molar-refractivity contribution in [3.63, 3.8) is 0 Å². The van der Waals surface area contributed by atoms with Gasteiger partial charge >= 0.3 is 12.5 Å². The molecule has 1 aromatic heterocycles. The number of halogens is 4. The van der Waals surface area contributed by atoms with Crippen molar-refractivity contribution in [1.29, 1.82) is 0 Å². The predicted octanol–water partition coefficient (Wildman–Crippen LogP) is 7.86. The van der Waals surface area contributed by atoms with Gasteiger partial charge in [-0.05, 0) is 64.1 Å². The van der Waals surface area contributed by atoms with Crippen LogP contribution >= 0.6 is 11.6 Å². The van der Waals surface area contributed by atoms with E-state index >= 15 is 0 Å². The number of carbonyl (C=O) groups excluding carboxylic acids is 1. The largest absolute Gasteiger partial charge is 0.573 e. The minimum atomic E-state index is -5.04. The standard InChI is InChI=1S/C28H26ClF3N2O5S/c1-5-33(22-12-8-9-13-24(22)38-28(30,31)32)40(36,37)25-17-19(14-15-20(25)29)23-16-18-10-6-7-11-21(18)34(23)26(35)39-27(2,3)4/h6-17H,5H2,1-4H3. The molecule has 4 rings (SSSR count). The Labute approximate surface area is 234 Å². The molecular weight excluding hydrogens is 569 g/mol. The molecule has 0 amide bonds. The summed E-state index contributed by atoms with van der Waals surface area (Å²) in [6.07, 6.45) is -5.71. The maximum absolute atomic E-state index is 13.9. The first-order chi connectivity index (χ1) is 18.6. The normalized spacial score (nSPS) is 12.4. The number of hydrogen-bond acceptors (Lipinski definition) is 5. The van der Waals surface area contributed by atoms with Crippen molar-refractivity contribution in [2.45, 2.75) is 44.6 Å². The number of nitrogens with zero attached hydrogens (tertiary/aromatic N) is 2. The highest BCUT2D eigenvalue weighted by Gasteiger charge is 2.35. The lowest BCUT2D eigenvalue weighted by atomic mass is 10.1. The fraction of sp³-hybridized carbons (Fsp3) is 0.250. The van der Waals surface area contributed by atoms with E-state index in [0.717, 1.165) is 10.4 Å². The molecule has 4 aromatic rings. The van der Waals surface area contributed by atoms with Gasteiger partial charge in [0.15, 0.2) is 5.75 Å². The number of sulfonamides is 1. The zero-order valence-electron chi connectivity index (χ0n) is 22.0. The van der Waals surface area contributed by atoms with E-state index in [1.54, 1.807) is 57.2 Å². The molecule has 0 saturated carbocycles. The van der Waals surface area contributed by atoms with Gasteiger partial charge in [-0.25, -0.2) is 17.8 Å². The highest BCUT2D eigenvalue weighted by atomic mass is 35.5. The van der Waals surface area contributed by atoms with Crippen molar-refractivity contribution in [2.24, 2.45) is 0 Å². The smallest absolute Gasteiger partial charge is 0.443 e. The van der Waals surface area contributed by atoms with Crippen LogP contribution in [0.2, 0.25) is 5.02 Å². The van der Waals surface area contributed by atoms with Crippen LogP contribution in [0.3, 0.4) is 0 Å². The maximum Gasteiger partial charge on any atom is 0.573 e. The van der Waals surface area contributed by atoms with Gasteiger partial charge in [-0.15, -0.1) is 13.2 Å². The van der Waals surface area contributed by atoms with Crippen molar-refractivity contribution in [1.82, 2.24) is 4.57 Å². The first-order valence-electron chi connectivity index (χ1n) is 12.1. The van der Waals surface area contributed by atoms with E-state index in [1.165, 1.54) is 41.8 Å². The van der Waals surface area contributed by atoms with Crippen LogP contribution in [0.25, 0.3) is 22.2 Å². The van der Waals surface area contributed by atoms with E-state index in [1.807, 2.05) is 0 Å². The number of hydrogen-bond donors (Lipinski definition) is 0. The summed E-state index contributed by atoms with van der Waals surface area (Å²) in [5.41, 5.74) is 0.0846. The Hall–Kier alpha value is -3.70. The van der Waals surface area contributed by atoms with E-state index in [0.29, 0.717) is 22.2 Å². The van der Waals surface area contributed by atoms with E-state index < -0.39 is 33.8 Å². The van der Waals surface area contributed by atoms with Crippen LogP contribution in [0.1, 0.15) is 27.7 Å². The number of aromatic nitrogens is 1. The average Bonchev–Trinajstić information content (AvgIpc) is 3.23. The van der Waals surface area contributed by atoms with Gasteiger partial charge in [-0.3, -0.25) is 4.31 Å². The van der Waals surface area contributed by atoms with Crippen LogP contribution in [0.5, 0.6) is 5.75 Å². The molecule has 0 spiro atoms. The summed E-state index contributed by atoms with van der Waals surface area (Å²) in [6.45, 7) is 6.42. The first kappa shape index (κ1) is 29.3. The third kappa shape index (κ3) is 6.05.